The molecule has 6 heteroatoms. The maximum absolute atomic E-state index is 11.6. The zero-order valence-corrected chi connectivity index (χ0v) is 9.68. The molecule has 0 radical (unpaired) electrons. The molecule has 2 rings (SSSR count). The Hall–Kier alpha value is -2.08. The van der Waals surface area contributed by atoms with Crippen molar-refractivity contribution < 1.29 is 8.42 Å². The third-order valence-corrected chi connectivity index (χ3v) is 2.99. The van der Waals surface area contributed by atoms with Crippen molar-refractivity contribution in [2.24, 2.45) is 0 Å². The summed E-state index contributed by atoms with van der Waals surface area (Å²) in [6.45, 7) is 0. The fourth-order valence-electron chi connectivity index (χ4n) is 1.23. The number of anilines is 1. The molecule has 0 aliphatic rings. The van der Waals surface area contributed by atoms with Crippen LogP contribution in [0.15, 0.2) is 48.0 Å². The number of nitrogens with zero attached hydrogens (tertiary/aromatic N) is 1. The van der Waals surface area contributed by atoms with Crippen LogP contribution in [-0.2, 0) is 10.0 Å². The predicted octanol–water partition coefficient (Wildman–Crippen LogP) is 1.82. The van der Waals surface area contributed by atoms with Gasteiger partial charge in [0.15, 0.2) is 0 Å². The van der Waals surface area contributed by atoms with E-state index in [-0.39, 0.29) is 0 Å². The summed E-state index contributed by atoms with van der Waals surface area (Å²) in [4.78, 5) is 0. The van der Waals surface area contributed by atoms with Crippen LogP contribution in [0.25, 0.3) is 6.08 Å². The molecule has 0 aliphatic heterocycles. The van der Waals surface area contributed by atoms with Gasteiger partial charge in [0.1, 0.15) is 5.82 Å². The van der Waals surface area contributed by atoms with Gasteiger partial charge in [-0.25, -0.2) is 8.42 Å². The van der Waals surface area contributed by atoms with Crippen molar-refractivity contribution in [3.05, 3.63) is 53.6 Å². The highest BCUT2D eigenvalue weighted by molar-refractivity contribution is 7.95. The van der Waals surface area contributed by atoms with Gasteiger partial charge in [0.2, 0.25) is 0 Å². The van der Waals surface area contributed by atoms with Crippen molar-refractivity contribution in [3.8, 4) is 0 Å². The van der Waals surface area contributed by atoms with Crippen LogP contribution in [0.5, 0.6) is 0 Å². The van der Waals surface area contributed by atoms with E-state index in [4.69, 9.17) is 0 Å². The highest BCUT2D eigenvalue weighted by Gasteiger charge is 2.05. The molecular formula is C11H11N3O2S. The summed E-state index contributed by atoms with van der Waals surface area (Å²) >= 11 is 0. The van der Waals surface area contributed by atoms with E-state index in [2.05, 4.69) is 14.9 Å². The summed E-state index contributed by atoms with van der Waals surface area (Å²) in [5, 5.41) is 7.28. The molecule has 0 spiro atoms. The van der Waals surface area contributed by atoms with Crippen molar-refractivity contribution in [1.29, 1.82) is 0 Å². The maximum Gasteiger partial charge on any atom is 0.256 e. The number of hydrogen-bond acceptors (Lipinski definition) is 3. The second-order valence-electron chi connectivity index (χ2n) is 3.33. The number of nitrogens with one attached hydrogen (secondary N) is 2. The Morgan fingerprint density at radius 3 is 2.59 bits per heavy atom. The Balaban J connectivity index is 2.10. The molecule has 0 saturated carbocycles. The molecule has 5 nitrogen and oxygen atoms in total. The first kappa shape index (κ1) is 11.4. The number of rotatable bonds is 4. The van der Waals surface area contributed by atoms with E-state index in [1.165, 1.54) is 18.3 Å². The van der Waals surface area contributed by atoms with Crippen LogP contribution in [0.3, 0.4) is 0 Å². The summed E-state index contributed by atoms with van der Waals surface area (Å²) in [5.74, 6) is 0.336. The molecule has 2 aromatic rings. The maximum atomic E-state index is 11.6. The standard InChI is InChI=1S/C11H11N3O2S/c15-17(16,14-11-6-8-12-13-11)9-7-10-4-2-1-3-5-10/h1-9H,(H2,12,13,14)/b9-7+. The Labute approximate surface area is 99.2 Å². The summed E-state index contributed by atoms with van der Waals surface area (Å²) in [6.07, 6.45) is 3.00. The van der Waals surface area contributed by atoms with Gasteiger partial charge in [-0.1, -0.05) is 30.3 Å². The molecule has 1 aromatic carbocycles. The molecule has 1 aromatic heterocycles. The molecule has 2 N–H and O–H groups in total. The first-order chi connectivity index (χ1) is 8.16. The summed E-state index contributed by atoms with van der Waals surface area (Å²) in [7, 11) is -3.50. The van der Waals surface area contributed by atoms with E-state index in [0.29, 0.717) is 5.82 Å². The fraction of sp³-hybridized carbons (Fsp3) is 0. The highest BCUT2D eigenvalue weighted by Crippen LogP contribution is 2.07. The lowest BCUT2D eigenvalue weighted by Gasteiger charge is -1.99. The van der Waals surface area contributed by atoms with Crippen LogP contribution in [0, 0.1) is 0 Å². The predicted molar refractivity (Wildman–Crippen MR) is 66.6 cm³/mol. The van der Waals surface area contributed by atoms with Gasteiger partial charge in [-0.15, -0.1) is 0 Å². The average Bonchev–Trinajstić information content (AvgIpc) is 2.80. The second kappa shape index (κ2) is 4.84. The largest absolute Gasteiger partial charge is 0.264 e. The van der Waals surface area contributed by atoms with Crippen molar-refractivity contribution >= 4 is 21.9 Å². The summed E-state index contributed by atoms with van der Waals surface area (Å²) < 4.78 is 25.6. The minimum atomic E-state index is -3.50. The quantitative estimate of drug-likeness (QED) is 0.868. The lowest BCUT2D eigenvalue weighted by atomic mass is 10.2. The van der Waals surface area contributed by atoms with Crippen LogP contribution in [-0.4, -0.2) is 18.6 Å². The van der Waals surface area contributed by atoms with Crippen LogP contribution >= 0.6 is 0 Å². The minimum Gasteiger partial charge on any atom is -0.264 e. The molecule has 0 saturated heterocycles. The van der Waals surface area contributed by atoms with Crippen molar-refractivity contribution in [3.63, 3.8) is 0 Å². The van der Waals surface area contributed by atoms with Gasteiger partial charge in [0, 0.05) is 6.07 Å². The number of benzene rings is 1. The van der Waals surface area contributed by atoms with Crippen LogP contribution in [0.4, 0.5) is 5.82 Å². The minimum absolute atomic E-state index is 0.336. The SMILES string of the molecule is O=S(=O)(/C=C/c1ccccc1)Nc1ccn[nH]1. The molecule has 17 heavy (non-hydrogen) atoms. The smallest absolute Gasteiger partial charge is 0.256 e. The first-order valence-corrected chi connectivity index (χ1v) is 6.46. The first-order valence-electron chi connectivity index (χ1n) is 4.91. The zero-order valence-electron chi connectivity index (χ0n) is 8.87. The molecule has 0 aliphatic carbocycles. The normalized spacial score (nSPS) is 11.8. The second-order valence-corrected chi connectivity index (χ2v) is 4.90. The fourth-order valence-corrected chi connectivity index (χ4v) is 2.06. The van der Waals surface area contributed by atoms with Gasteiger partial charge >= 0.3 is 0 Å². The Kier molecular flexibility index (Phi) is 3.24. The van der Waals surface area contributed by atoms with Gasteiger partial charge < -0.3 is 0 Å². The van der Waals surface area contributed by atoms with E-state index < -0.39 is 10.0 Å². The van der Waals surface area contributed by atoms with Gasteiger partial charge in [-0.2, -0.15) is 5.10 Å². The van der Waals surface area contributed by atoms with E-state index in [1.807, 2.05) is 30.3 Å². The molecule has 1 heterocycles. The lowest BCUT2D eigenvalue weighted by Crippen LogP contribution is -2.08. The highest BCUT2D eigenvalue weighted by atomic mass is 32.2. The van der Waals surface area contributed by atoms with Gasteiger partial charge in [0.25, 0.3) is 10.0 Å². The molecule has 0 bridgehead atoms. The number of aromatic amines is 1. The molecule has 88 valence electrons. The third kappa shape index (κ3) is 3.46. The summed E-state index contributed by atoms with van der Waals surface area (Å²) in [5.41, 5.74) is 0.822. The van der Waals surface area contributed by atoms with E-state index >= 15 is 0 Å². The molecule has 0 fully saturated rings. The van der Waals surface area contributed by atoms with Crippen molar-refractivity contribution in [2.75, 3.05) is 4.72 Å². The summed E-state index contributed by atoms with van der Waals surface area (Å²) in [6, 6.07) is 10.7. The molecule has 0 unspecified atom stereocenters. The van der Waals surface area contributed by atoms with E-state index in [0.717, 1.165) is 11.0 Å². The van der Waals surface area contributed by atoms with Crippen LogP contribution in [0.1, 0.15) is 5.56 Å². The van der Waals surface area contributed by atoms with E-state index in [9.17, 15) is 8.42 Å². The lowest BCUT2D eigenvalue weighted by molar-refractivity contribution is 0.609. The van der Waals surface area contributed by atoms with Gasteiger partial charge in [-0.3, -0.25) is 9.82 Å². The third-order valence-electron chi connectivity index (χ3n) is 1.99. The molecule has 0 amide bonds. The topological polar surface area (TPSA) is 74.8 Å². The van der Waals surface area contributed by atoms with E-state index in [1.54, 1.807) is 0 Å². The molecule has 0 atom stereocenters. The molecular weight excluding hydrogens is 238 g/mol. The van der Waals surface area contributed by atoms with Crippen LogP contribution < -0.4 is 4.72 Å². The number of sulfonamides is 1. The average molecular weight is 249 g/mol. The number of hydrogen-bond donors (Lipinski definition) is 2. The van der Waals surface area contributed by atoms with Gasteiger partial charge in [0.05, 0.1) is 11.6 Å². The Morgan fingerprint density at radius 2 is 1.94 bits per heavy atom. The van der Waals surface area contributed by atoms with Crippen LogP contribution in [0.2, 0.25) is 0 Å². The monoisotopic (exact) mass is 249 g/mol. The van der Waals surface area contributed by atoms with Crippen molar-refractivity contribution in [2.45, 2.75) is 0 Å². The Morgan fingerprint density at radius 1 is 1.18 bits per heavy atom. The van der Waals surface area contributed by atoms with Gasteiger partial charge in [-0.05, 0) is 11.6 Å². The van der Waals surface area contributed by atoms with Crippen molar-refractivity contribution in [1.82, 2.24) is 10.2 Å². The zero-order chi connectivity index (χ0) is 12.1. The number of aromatic nitrogens is 2. The Bertz CT molecular complexity index is 589. The number of H-pyrrole nitrogens is 1.